The molecule has 1 saturated carbocycles. The Morgan fingerprint density at radius 1 is 1.27 bits per heavy atom. The van der Waals surface area contributed by atoms with E-state index >= 15 is 0 Å². The Bertz CT molecular complexity index is 932. The summed E-state index contributed by atoms with van der Waals surface area (Å²) in [5.74, 6) is 2.49. The number of nitrogens with one attached hydrogen (secondary N) is 1. The van der Waals surface area contributed by atoms with Crippen molar-refractivity contribution in [3.8, 4) is 11.5 Å². The highest BCUT2D eigenvalue weighted by Gasteiger charge is 2.34. The van der Waals surface area contributed by atoms with E-state index in [2.05, 4.69) is 42.4 Å². The highest BCUT2D eigenvalue weighted by molar-refractivity contribution is 5.80. The van der Waals surface area contributed by atoms with E-state index in [1.807, 2.05) is 0 Å². The molecule has 0 spiro atoms. The van der Waals surface area contributed by atoms with Crippen LogP contribution in [0.25, 0.3) is 11.5 Å². The molecule has 5 nitrogen and oxygen atoms in total. The van der Waals surface area contributed by atoms with Crippen LogP contribution in [0.2, 0.25) is 0 Å². The van der Waals surface area contributed by atoms with Gasteiger partial charge in [0.25, 0.3) is 5.89 Å². The molecular weight excluding hydrogens is 381 g/mol. The largest absolute Gasteiger partial charge is 0.421 e. The Kier molecular flexibility index (Phi) is 6.02. The molecule has 160 valence electrons. The average Bonchev–Trinajstić information content (AvgIpc) is 3.47. The maximum atomic E-state index is 14.0. The van der Waals surface area contributed by atoms with Crippen molar-refractivity contribution in [3.05, 3.63) is 47.6 Å². The van der Waals surface area contributed by atoms with Gasteiger partial charge in [-0.25, -0.2) is 4.39 Å². The molecular formula is C24H30FN3O2. The summed E-state index contributed by atoms with van der Waals surface area (Å²) in [7, 11) is 0. The Hall–Kier alpha value is -2.50. The maximum absolute atomic E-state index is 14.0. The fourth-order valence-electron chi connectivity index (χ4n) is 4.51. The number of halogens is 1. The van der Waals surface area contributed by atoms with Gasteiger partial charge in [-0.15, -0.1) is 10.2 Å². The van der Waals surface area contributed by atoms with E-state index in [0.29, 0.717) is 48.1 Å². The number of aromatic nitrogens is 2. The normalized spacial score (nSPS) is 24.0. The second-order valence-electron chi connectivity index (χ2n) is 9.12. The van der Waals surface area contributed by atoms with Gasteiger partial charge in [-0.05, 0) is 62.0 Å². The Labute approximate surface area is 177 Å². The van der Waals surface area contributed by atoms with Crippen LogP contribution in [0.1, 0.15) is 45.9 Å². The zero-order chi connectivity index (χ0) is 21.3. The number of benzene rings is 1. The van der Waals surface area contributed by atoms with Gasteiger partial charge in [0.1, 0.15) is 5.82 Å². The summed E-state index contributed by atoms with van der Waals surface area (Å²) in [5, 5.41) is 11.4. The van der Waals surface area contributed by atoms with Crippen molar-refractivity contribution in [2.75, 3.05) is 6.54 Å². The van der Waals surface area contributed by atoms with Gasteiger partial charge in [-0.1, -0.05) is 37.6 Å². The zero-order valence-corrected chi connectivity index (χ0v) is 17.9. The van der Waals surface area contributed by atoms with Gasteiger partial charge in [0, 0.05) is 18.9 Å². The lowest BCUT2D eigenvalue weighted by Crippen LogP contribution is -2.37. The Morgan fingerprint density at radius 2 is 2.03 bits per heavy atom. The summed E-state index contributed by atoms with van der Waals surface area (Å²) in [5.41, 5.74) is 1.63. The summed E-state index contributed by atoms with van der Waals surface area (Å²) in [6.07, 6.45) is 6.04. The molecule has 4 rings (SSSR count). The second-order valence-corrected chi connectivity index (χ2v) is 9.12. The topological polar surface area (TPSA) is 68.0 Å². The highest BCUT2D eigenvalue weighted by Crippen LogP contribution is 2.39. The number of hydrogen-bond donors (Lipinski definition) is 1. The molecule has 3 unspecified atom stereocenters. The van der Waals surface area contributed by atoms with Crippen LogP contribution in [-0.2, 0) is 11.2 Å². The Morgan fingerprint density at radius 3 is 2.73 bits per heavy atom. The van der Waals surface area contributed by atoms with Crippen molar-refractivity contribution in [1.82, 2.24) is 15.5 Å². The molecule has 30 heavy (non-hydrogen) atoms. The second kappa shape index (κ2) is 8.70. The van der Waals surface area contributed by atoms with Crippen LogP contribution >= 0.6 is 0 Å². The number of allylic oxidation sites excluding steroid dienone is 1. The van der Waals surface area contributed by atoms with Gasteiger partial charge in [0.2, 0.25) is 11.8 Å². The molecule has 2 aliphatic rings. The molecule has 2 aliphatic carbocycles. The van der Waals surface area contributed by atoms with Crippen molar-refractivity contribution in [2.45, 2.75) is 46.5 Å². The van der Waals surface area contributed by atoms with E-state index < -0.39 is 0 Å². The number of amides is 1. The molecule has 0 saturated heterocycles. The van der Waals surface area contributed by atoms with Crippen LogP contribution in [0.3, 0.4) is 0 Å². The minimum Gasteiger partial charge on any atom is -0.421 e. The summed E-state index contributed by atoms with van der Waals surface area (Å²) in [4.78, 5) is 12.1. The van der Waals surface area contributed by atoms with E-state index in [1.165, 1.54) is 11.6 Å². The molecule has 0 radical (unpaired) electrons. The SMILES string of the molecule is CC1=CC(CNC(=O)C2CC2)C(C(C)C)CC1Cc1nnc(-c2ccccc2F)o1. The van der Waals surface area contributed by atoms with Crippen LogP contribution in [0.15, 0.2) is 40.3 Å². The predicted molar refractivity (Wildman–Crippen MR) is 113 cm³/mol. The monoisotopic (exact) mass is 411 g/mol. The maximum Gasteiger partial charge on any atom is 0.250 e. The van der Waals surface area contributed by atoms with Gasteiger partial charge in [-0.2, -0.15) is 0 Å². The van der Waals surface area contributed by atoms with E-state index in [1.54, 1.807) is 18.2 Å². The highest BCUT2D eigenvalue weighted by atomic mass is 19.1. The lowest BCUT2D eigenvalue weighted by molar-refractivity contribution is -0.122. The molecule has 1 N–H and O–H groups in total. The number of rotatable bonds is 7. The lowest BCUT2D eigenvalue weighted by atomic mass is 9.70. The molecule has 6 heteroatoms. The van der Waals surface area contributed by atoms with Gasteiger partial charge in [-0.3, -0.25) is 4.79 Å². The molecule has 0 aliphatic heterocycles. The minimum atomic E-state index is -0.364. The smallest absolute Gasteiger partial charge is 0.250 e. The molecule has 1 fully saturated rings. The molecule has 1 heterocycles. The molecule has 0 bridgehead atoms. The van der Waals surface area contributed by atoms with Crippen molar-refractivity contribution in [1.29, 1.82) is 0 Å². The number of hydrogen-bond acceptors (Lipinski definition) is 4. The number of carbonyl (C=O) groups excluding carboxylic acids is 1. The number of nitrogens with zero attached hydrogens (tertiary/aromatic N) is 2. The van der Waals surface area contributed by atoms with Crippen LogP contribution in [0, 0.1) is 35.4 Å². The van der Waals surface area contributed by atoms with Crippen molar-refractivity contribution in [3.63, 3.8) is 0 Å². The molecule has 1 amide bonds. The summed E-state index contributed by atoms with van der Waals surface area (Å²) in [6, 6.07) is 6.43. The number of carbonyl (C=O) groups is 1. The first kappa shape index (κ1) is 20.8. The van der Waals surface area contributed by atoms with Crippen molar-refractivity contribution < 1.29 is 13.6 Å². The van der Waals surface area contributed by atoms with E-state index in [-0.39, 0.29) is 23.5 Å². The average molecular weight is 412 g/mol. The predicted octanol–water partition coefficient (Wildman–Crippen LogP) is 4.80. The lowest BCUT2D eigenvalue weighted by Gasteiger charge is -2.37. The zero-order valence-electron chi connectivity index (χ0n) is 17.9. The van der Waals surface area contributed by atoms with Crippen LogP contribution in [0.5, 0.6) is 0 Å². The minimum absolute atomic E-state index is 0.206. The molecule has 2 aromatic rings. The summed E-state index contributed by atoms with van der Waals surface area (Å²) in [6.45, 7) is 7.34. The third-order valence-electron chi connectivity index (χ3n) is 6.54. The fraction of sp³-hybridized carbons (Fsp3) is 0.542. The van der Waals surface area contributed by atoms with Crippen LogP contribution in [0.4, 0.5) is 4.39 Å². The molecule has 1 aromatic carbocycles. The molecule has 1 aromatic heterocycles. The fourth-order valence-corrected chi connectivity index (χ4v) is 4.51. The first-order valence-electron chi connectivity index (χ1n) is 11.0. The van der Waals surface area contributed by atoms with E-state index in [9.17, 15) is 9.18 Å². The van der Waals surface area contributed by atoms with Crippen molar-refractivity contribution in [2.24, 2.45) is 29.6 Å². The van der Waals surface area contributed by atoms with Crippen LogP contribution < -0.4 is 5.32 Å². The standard InChI is InChI=1S/C24H30FN3O2/c1-14(2)20-11-17(15(3)10-18(20)13-26-23(29)16-8-9-16)12-22-27-28-24(30-22)19-6-4-5-7-21(19)25/h4-7,10,14,16-18,20H,8-9,11-13H2,1-3H3,(H,26,29). The van der Waals surface area contributed by atoms with Gasteiger partial charge < -0.3 is 9.73 Å². The van der Waals surface area contributed by atoms with Gasteiger partial charge >= 0.3 is 0 Å². The van der Waals surface area contributed by atoms with Gasteiger partial charge in [0.05, 0.1) is 5.56 Å². The van der Waals surface area contributed by atoms with E-state index in [4.69, 9.17) is 4.42 Å². The first-order chi connectivity index (χ1) is 14.4. The van der Waals surface area contributed by atoms with Gasteiger partial charge in [0.15, 0.2) is 0 Å². The quantitative estimate of drug-likeness (QED) is 0.665. The third-order valence-corrected chi connectivity index (χ3v) is 6.54. The first-order valence-corrected chi connectivity index (χ1v) is 11.0. The Balaban J connectivity index is 1.45. The summed E-state index contributed by atoms with van der Waals surface area (Å²) >= 11 is 0. The van der Waals surface area contributed by atoms with Crippen molar-refractivity contribution >= 4 is 5.91 Å². The summed E-state index contributed by atoms with van der Waals surface area (Å²) < 4.78 is 19.8. The van der Waals surface area contributed by atoms with Crippen LogP contribution in [-0.4, -0.2) is 22.6 Å². The van der Waals surface area contributed by atoms with E-state index in [0.717, 1.165) is 19.3 Å². The third kappa shape index (κ3) is 4.63. The molecule has 3 atom stereocenters.